The zero-order valence-electron chi connectivity index (χ0n) is 11.8. The molecule has 1 N–H and O–H groups in total. The van der Waals surface area contributed by atoms with Gasteiger partial charge in [0.1, 0.15) is 17.3 Å². The van der Waals surface area contributed by atoms with Crippen LogP contribution in [0, 0.1) is 0 Å². The smallest absolute Gasteiger partial charge is 0.187 e. The predicted octanol–water partition coefficient (Wildman–Crippen LogP) is 3.41. The molecule has 2 rings (SSSR count). The van der Waals surface area contributed by atoms with Crippen molar-refractivity contribution in [1.29, 1.82) is 0 Å². The van der Waals surface area contributed by atoms with Crippen molar-refractivity contribution in [3.8, 4) is 0 Å². The first-order valence-electron chi connectivity index (χ1n) is 6.78. The highest BCUT2D eigenvalue weighted by molar-refractivity contribution is 7.90. The maximum absolute atomic E-state index is 12.3. The van der Waals surface area contributed by atoms with E-state index < -0.39 is 9.84 Å². The molecular weight excluding hydrogens is 310 g/mol. The fraction of sp³-hybridized carbons (Fsp3) is 0.333. The van der Waals surface area contributed by atoms with E-state index in [0.29, 0.717) is 12.3 Å². The standard InChI is InChI=1S/C15H18ClNO3S/c1-2-9-17-10-12-7-8-13(20-12)11-21(18,19)15-6-4-3-5-14(15)16/h3-8,17H,2,9-11H2,1H3. The molecule has 1 aromatic heterocycles. The van der Waals surface area contributed by atoms with E-state index in [9.17, 15) is 8.42 Å². The molecule has 4 nitrogen and oxygen atoms in total. The molecule has 0 aliphatic carbocycles. The summed E-state index contributed by atoms with van der Waals surface area (Å²) in [4.78, 5) is 0.133. The summed E-state index contributed by atoms with van der Waals surface area (Å²) in [5.41, 5.74) is 0. The molecule has 0 saturated carbocycles. The summed E-state index contributed by atoms with van der Waals surface area (Å²) in [6.45, 7) is 3.57. The molecule has 0 amide bonds. The molecule has 0 aliphatic heterocycles. The van der Waals surface area contributed by atoms with Gasteiger partial charge in [0.15, 0.2) is 9.84 Å². The summed E-state index contributed by atoms with van der Waals surface area (Å²) >= 11 is 5.94. The first-order valence-corrected chi connectivity index (χ1v) is 8.81. The van der Waals surface area contributed by atoms with Crippen LogP contribution in [0.4, 0.5) is 0 Å². The summed E-state index contributed by atoms with van der Waals surface area (Å²) in [6.07, 6.45) is 1.04. The summed E-state index contributed by atoms with van der Waals surface area (Å²) in [6, 6.07) is 9.91. The van der Waals surface area contributed by atoms with Gasteiger partial charge >= 0.3 is 0 Å². The van der Waals surface area contributed by atoms with Crippen molar-refractivity contribution in [2.75, 3.05) is 6.54 Å². The van der Waals surface area contributed by atoms with E-state index in [4.69, 9.17) is 16.0 Å². The Labute approximate surface area is 130 Å². The minimum Gasteiger partial charge on any atom is -0.464 e. The number of furan rings is 1. The van der Waals surface area contributed by atoms with E-state index in [1.807, 2.05) is 0 Å². The maximum atomic E-state index is 12.3. The molecule has 2 aromatic rings. The van der Waals surface area contributed by atoms with Gasteiger partial charge in [-0.1, -0.05) is 30.7 Å². The average molecular weight is 328 g/mol. The van der Waals surface area contributed by atoms with Gasteiger partial charge in [0.05, 0.1) is 16.5 Å². The predicted molar refractivity (Wildman–Crippen MR) is 83.0 cm³/mol. The minimum atomic E-state index is -3.50. The van der Waals surface area contributed by atoms with E-state index >= 15 is 0 Å². The zero-order valence-corrected chi connectivity index (χ0v) is 13.4. The van der Waals surface area contributed by atoms with Crippen LogP contribution in [0.15, 0.2) is 45.7 Å². The first-order chi connectivity index (χ1) is 10.0. The number of nitrogens with one attached hydrogen (secondary N) is 1. The lowest BCUT2D eigenvalue weighted by Gasteiger charge is -2.04. The molecule has 0 aliphatic rings. The van der Waals surface area contributed by atoms with E-state index in [1.54, 1.807) is 30.3 Å². The summed E-state index contributed by atoms with van der Waals surface area (Å²) in [7, 11) is -3.50. The molecular formula is C15H18ClNO3S. The van der Waals surface area contributed by atoms with E-state index in [2.05, 4.69) is 12.2 Å². The van der Waals surface area contributed by atoms with Crippen LogP contribution in [0.5, 0.6) is 0 Å². The molecule has 0 unspecified atom stereocenters. The highest BCUT2D eigenvalue weighted by atomic mass is 35.5. The minimum absolute atomic E-state index is 0.133. The Balaban J connectivity index is 2.09. The Hall–Kier alpha value is -1.30. The molecule has 1 heterocycles. The van der Waals surface area contributed by atoms with Crippen molar-refractivity contribution >= 4 is 21.4 Å². The lowest BCUT2D eigenvalue weighted by molar-refractivity contribution is 0.456. The fourth-order valence-electron chi connectivity index (χ4n) is 1.95. The van der Waals surface area contributed by atoms with Crippen LogP contribution in [-0.4, -0.2) is 15.0 Å². The van der Waals surface area contributed by atoms with Crippen LogP contribution >= 0.6 is 11.6 Å². The highest BCUT2D eigenvalue weighted by Crippen LogP contribution is 2.24. The van der Waals surface area contributed by atoms with Crippen molar-refractivity contribution in [2.45, 2.75) is 30.5 Å². The molecule has 0 atom stereocenters. The van der Waals surface area contributed by atoms with Gasteiger partial charge in [-0.2, -0.15) is 0 Å². The second-order valence-corrected chi connectivity index (χ2v) is 7.10. The lowest BCUT2D eigenvalue weighted by Crippen LogP contribution is -2.13. The van der Waals surface area contributed by atoms with Gasteiger partial charge in [0, 0.05) is 0 Å². The third kappa shape index (κ3) is 4.33. The fourth-order valence-corrected chi connectivity index (χ4v) is 3.77. The van der Waals surface area contributed by atoms with Crippen LogP contribution in [-0.2, 0) is 22.1 Å². The Morgan fingerprint density at radius 3 is 2.57 bits per heavy atom. The zero-order chi connectivity index (χ0) is 15.3. The molecule has 0 bridgehead atoms. The van der Waals surface area contributed by atoms with Crippen molar-refractivity contribution in [1.82, 2.24) is 5.32 Å². The van der Waals surface area contributed by atoms with Crippen LogP contribution in [0.3, 0.4) is 0 Å². The Bertz CT molecular complexity index is 694. The molecule has 0 fully saturated rings. The third-order valence-electron chi connectivity index (χ3n) is 2.95. The Morgan fingerprint density at radius 2 is 1.86 bits per heavy atom. The monoisotopic (exact) mass is 327 g/mol. The number of hydrogen-bond donors (Lipinski definition) is 1. The van der Waals surface area contributed by atoms with Crippen molar-refractivity contribution in [3.63, 3.8) is 0 Å². The van der Waals surface area contributed by atoms with Gasteiger partial charge in [-0.25, -0.2) is 8.42 Å². The summed E-state index contributed by atoms with van der Waals surface area (Å²) in [5.74, 6) is 0.959. The third-order valence-corrected chi connectivity index (χ3v) is 5.08. The topological polar surface area (TPSA) is 59.3 Å². The SMILES string of the molecule is CCCNCc1ccc(CS(=O)(=O)c2ccccc2Cl)o1. The second-order valence-electron chi connectivity index (χ2n) is 4.73. The van der Waals surface area contributed by atoms with Gasteiger partial charge in [-0.15, -0.1) is 0 Å². The first kappa shape index (κ1) is 16.1. The summed E-state index contributed by atoms with van der Waals surface area (Å²) in [5, 5.41) is 3.43. The second kappa shape index (κ2) is 7.11. The van der Waals surface area contributed by atoms with Gasteiger partial charge < -0.3 is 9.73 Å². The molecule has 1 aromatic carbocycles. The number of halogens is 1. The average Bonchev–Trinajstić information content (AvgIpc) is 2.86. The van der Waals surface area contributed by atoms with E-state index in [0.717, 1.165) is 18.7 Å². The van der Waals surface area contributed by atoms with Gasteiger partial charge in [-0.05, 0) is 37.2 Å². The molecule has 0 saturated heterocycles. The number of rotatable bonds is 7. The molecule has 114 valence electrons. The molecule has 6 heteroatoms. The molecule has 21 heavy (non-hydrogen) atoms. The normalized spacial score (nSPS) is 11.7. The Morgan fingerprint density at radius 1 is 1.14 bits per heavy atom. The molecule has 0 radical (unpaired) electrons. The largest absolute Gasteiger partial charge is 0.464 e. The van der Waals surface area contributed by atoms with Crippen LogP contribution < -0.4 is 5.32 Å². The Kier molecular flexibility index (Phi) is 5.45. The van der Waals surface area contributed by atoms with Crippen molar-refractivity contribution in [2.24, 2.45) is 0 Å². The number of sulfone groups is 1. The van der Waals surface area contributed by atoms with Gasteiger partial charge in [0.25, 0.3) is 0 Å². The quantitative estimate of drug-likeness (QED) is 0.792. The van der Waals surface area contributed by atoms with Gasteiger partial charge in [-0.3, -0.25) is 0 Å². The van der Waals surface area contributed by atoms with Gasteiger partial charge in [0.2, 0.25) is 0 Å². The van der Waals surface area contributed by atoms with Crippen molar-refractivity contribution < 1.29 is 12.8 Å². The lowest BCUT2D eigenvalue weighted by atomic mass is 10.4. The van der Waals surface area contributed by atoms with E-state index in [-0.39, 0.29) is 15.7 Å². The summed E-state index contributed by atoms with van der Waals surface area (Å²) < 4.78 is 30.2. The van der Waals surface area contributed by atoms with Crippen molar-refractivity contribution in [3.05, 3.63) is 52.9 Å². The molecule has 0 spiro atoms. The number of benzene rings is 1. The highest BCUT2D eigenvalue weighted by Gasteiger charge is 2.20. The maximum Gasteiger partial charge on any atom is 0.187 e. The van der Waals surface area contributed by atoms with Crippen LogP contribution in [0.2, 0.25) is 5.02 Å². The van der Waals surface area contributed by atoms with E-state index in [1.165, 1.54) is 6.07 Å². The van der Waals surface area contributed by atoms with Crippen LogP contribution in [0.1, 0.15) is 24.9 Å². The van der Waals surface area contributed by atoms with Crippen LogP contribution in [0.25, 0.3) is 0 Å². The number of hydrogen-bond acceptors (Lipinski definition) is 4.